The Morgan fingerprint density at radius 2 is 1.96 bits per heavy atom. The molecular weight excluding hydrogens is 313 g/mol. The van der Waals surface area contributed by atoms with Crippen LogP contribution in [0.3, 0.4) is 0 Å². The van der Waals surface area contributed by atoms with Gasteiger partial charge in [-0.05, 0) is 24.3 Å². The van der Waals surface area contributed by atoms with Gasteiger partial charge in [0.15, 0.2) is 18.2 Å². The van der Waals surface area contributed by atoms with E-state index >= 15 is 0 Å². The van der Waals surface area contributed by atoms with Gasteiger partial charge in [-0.1, -0.05) is 18.2 Å². The molecule has 24 heavy (non-hydrogen) atoms. The third-order valence-corrected chi connectivity index (χ3v) is 3.61. The molecule has 0 spiro atoms. The van der Waals surface area contributed by atoms with Gasteiger partial charge in [0.1, 0.15) is 0 Å². The zero-order valence-corrected chi connectivity index (χ0v) is 12.8. The molecule has 0 fully saturated rings. The maximum absolute atomic E-state index is 13.6. The molecule has 122 valence electrons. The largest absolute Gasteiger partial charge is 0.494 e. The number of hydrogen-bond acceptors (Lipinski definition) is 4. The summed E-state index contributed by atoms with van der Waals surface area (Å²) in [5.41, 5.74) is 1.28. The summed E-state index contributed by atoms with van der Waals surface area (Å²) in [5.74, 6) is -1.75. The molecule has 6 heteroatoms. The summed E-state index contributed by atoms with van der Waals surface area (Å²) in [6.45, 7) is -0.422. The topological polar surface area (TPSA) is 68.4 Å². The summed E-state index contributed by atoms with van der Waals surface area (Å²) in [6, 6.07) is 11.0. The van der Waals surface area contributed by atoms with Gasteiger partial charge in [-0.2, -0.15) is 0 Å². The Labute approximate surface area is 137 Å². The number of halogens is 1. The van der Waals surface area contributed by atoms with Crippen molar-refractivity contribution in [3.05, 3.63) is 65.6 Å². The van der Waals surface area contributed by atoms with Crippen LogP contribution in [0.4, 0.5) is 4.39 Å². The smallest absolute Gasteiger partial charge is 0.338 e. The number of fused-ring (bicyclic) bond motifs is 1. The number of H-pyrrole nitrogens is 1. The molecule has 0 saturated carbocycles. The number of ether oxygens (including phenoxy) is 2. The van der Waals surface area contributed by atoms with Gasteiger partial charge in [0.25, 0.3) is 0 Å². The number of para-hydroxylation sites is 1. The van der Waals surface area contributed by atoms with Gasteiger partial charge >= 0.3 is 5.97 Å². The zero-order valence-electron chi connectivity index (χ0n) is 12.8. The lowest BCUT2D eigenvalue weighted by atomic mass is 10.1. The van der Waals surface area contributed by atoms with Crippen LogP contribution in [0.15, 0.2) is 48.7 Å². The number of rotatable bonds is 5. The van der Waals surface area contributed by atoms with Crippen molar-refractivity contribution in [2.45, 2.75) is 0 Å². The number of benzene rings is 2. The summed E-state index contributed by atoms with van der Waals surface area (Å²) in [4.78, 5) is 27.2. The summed E-state index contributed by atoms with van der Waals surface area (Å²) in [5, 5.41) is 0.758. The molecule has 0 bridgehead atoms. The third kappa shape index (κ3) is 2.99. The van der Waals surface area contributed by atoms with E-state index < -0.39 is 18.4 Å². The number of ketones is 1. The van der Waals surface area contributed by atoms with Gasteiger partial charge in [0.2, 0.25) is 5.78 Å². The minimum atomic E-state index is -0.773. The molecule has 1 N–H and O–H groups in total. The lowest BCUT2D eigenvalue weighted by Crippen LogP contribution is -2.14. The Kier molecular flexibility index (Phi) is 4.29. The highest BCUT2D eigenvalue weighted by atomic mass is 19.1. The normalized spacial score (nSPS) is 10.6. The molecule has 0 aliphatic carbocycles. The Morgan fingerprint density at radius 1 is 1.17 bits per heavy atom. The summed E-state index contributed by atoms with van der Waals surface area (Å²) >= 11 is 0. The molecule has 0 amide bonds. The van der Waals surface area contributed by atoms with E-state index in [9.17, 15) is 14.0 Å². The van der Waals surface area contributed by atoms with Crippen LogP contribution < -0.4 is 4.74 Å². The third-order valence-electron chi connectivity index (χ3n) is 3.61. The van der Waals surface area contributed by atoms with Crippen molar-refractivity contribution in [2.75, 3.05) is 13.7 Å². The highest BCUT2D eigenvalue weighted by Gasteiger charge is 2.16. The van der Waals surface area contributed by atoms with E-state index in [0.29, 0.717) is 5.56 Å². The Bertz CT molecular complexity index is 916. The van der Waals surface area contributed by atoms with Crippen LogP contribution in [0.2, 0.25) is 0 Å². The molecule has 0 radical (unpaired) electrons. The van der Waals surface area contributed by atoms with Crippen molar-refractivity contribution >= 4 is 22.7 Å². The van der Waals surface area contributed by atoms with E-state index in [1.54, 1.807) is 12.3 Å². The van der Waals surface area contributed by atoms with Gasteiger partial charge in [-0.3, -0.25) is 4.79 Å². The van der Waals surface area contributed by atoms with Gasteiger partial charge in [0.05, 0.1) is 12.7 Å². The van der Waals surface area contributed by atoms with E-state index in [-0.39, 0.29) is 17.1 Å². The number of esters is 1. The van der Waals surface area contributed by atoms with Crippen LogP contribution in [-0.4, -0.2) is 30.5 Å². The van der Waals surface area contributed by atoms with Gasteiger partial charge < -0.3 is 14.5 Å². The molecule has 0 atom stereocenters. The quantitative estimate of drug-likeness (QED) is 0.576. The van der Waals surface area contributed by atoms with Gasteiger partial charge in [0, 0.05) is 22.7 Å². The first kappa shape index (κ1) is 15.7. The number of aromatic amines is 1. The second kappa shape index (κ2) is 6.54. The van der Waals surface area contributed by atoms with E-state index in [1.165, 1.54) is 19.2 Å². The summed E-state index contributed by atoms with van der Waals surface area (Å²) < 4.78 is 23.4. The van der Waals surface area contributed by atoms with Crippen molar-refractivity contribution in [1.82, 2.24) is 4.98 Å². The number of methoxy groups -OCH3 is 1. The number of carbonyl (C=O) groups is 2. The number of aromatic nitrogens is 1. The van der Waals surface area contributed by atoms with E-state index in [0.717, 1.165) is 17.0 Å². The highest BCUT2D eigenvalue weighted by molar-refractivity contribution is 6.09. The van der Waals surface area contributed by atoms with Crippen molar-refractivity contribution in [1.29, 1.82) is 0 Å². The van der Waals surface area contributed by atoms with E-state index in [1.807, 2.05) is 18.2 Å². The fourth-order valence-electron chi connectivity index (χ4n) is 2.39. The van der Waals surface area contributed by atoms with Crippen molar-refractivity contribution in [3.63, 3.8) is 0 Å². The van der Waals surface area contributed by atoms with Crippen LogP contribution in [0.25, 0.3) is 10.9 Å². The van der Waals surface area contributed by atoms with Crippen LogP contribution in [-0.2, 0) is 4.74 Å². The molecule has 2 aromatic carbocycles. The Hall–Kier alpha value is -3.15. The lowest BCUT2D eigenvalue weighted by Gasteiger charge is -2.06. The predicted molar refractivity (Wildman–Crippen MR) is 85.9 cm³/mol. The Morgan fingerprint density at radius 3 is 2.71 bits per heavy atom. The summed E-state index contributed by atoms with van der Waals surface area (Å²) in [7, 11) is 1.33. The monoisotopic (exact) mass is 327 g/mol. The van der Waals surface area contributed by atoms with Crippen molar-refractivity contribution in [3.8, 4) is 5.75 Å². The molecule has 0 aliphatic rings. The summed E-state index contributed by atoms with van der Waals surface area (Å²) in [6.07, 6.45) is 1.58. The SMILES string of the molecule is COc1ccc(C(=O)OCC(=O)c2c[nH]c3ccccc23)cc1F. The molecule has 3 rings (SSSR count). The number of hydrogen-bond donors (Lipinski definition) is 1. The maximum atomic E-state index is 13.6. The minimum absolute atomic E-state index is 0.0139. The van der Waals surface area contributed by atoms with Crippen molar-refractivity contribution < 1.29 is 23.5 Å². The van der Waals surface area contributed by atoms with Gasteiger partial charge in [-0.25, -0.2) is 9.18 Å². The predicted octanol–water partition coefficient (Wildman–Crippen LogP) is 3.36. The first-order valence-electron chi connectivity index (χ1n) is 7.20. The molecule has 1 aromatic heterocycles. The van der Waals surface area contributed by atoms with Crippen molar-refractivity contribution in [2.24, 2.45) is 0 Å². The minimum Gasteiger partial charge on any atom is -0.494 e. The zero-order chi connectivity index (χ0) is 17.1. The first-order valence-corrected chi connectivity index (χ1v) is 7.20. The number of nitrogens with one attached hydrogen (secondary N) is 1. The molecule has 1 heterocycles. The van der Waals surface area contributed by atoms with Crippen LogP contribution >= 0.6 is 0 Å². The Balaban J connectivity index is 1.70. The fourth-order valence-corrected chi connectivity index (χ4v) is 2.39. The van der Waals surface area contributed by atoms with E-state index in [2.05, 4.69) is 4.98 Å². The molecule has 0 unspecified atom stereocenters. The van der Waals surface area contributed by atoms with E-state index in [4.69, 9.17) is 9.47 Å². The van der Waals surface area contributed by atoms with Crippen LogP contribution in [0, 0.1) is 5.82 Å². The average molecular weight is 327 g/mol. The highest BCUT2D eigenvalue weighted by Crippen LogP contribution is 2.20. The second-order valence-corrected chi connectivity index (χ2v) is 5.10. The fraction of sp³-hybridized carbons (Fsp3) is 0.111. The van der Waals surface area contributed by atoms with Gasteiger partial charge in [-0.15, -0.1) is 0 Å². The average Bonchev–Trinajstić information content (AvgIpc) is 3.03. The van der Waals surface area contributed by atoms with Crippen LogP contribution in [0.1, 0.15) is 20.7 Å². The molecule has 5 nitrogen and oxygen atoms in total. The second-order valence-electron chi connectivity index (χ2n) is 5.10. The number of Topliss-reactive ketones (excluding diaryl/α,β-unsaturated/α-hetero) is 1. The maximum Gasteiger partial charge on any atom is 0.338 e. The molecular formula is C18H14FNO4. The molecule has 0 saturated heterocycles. The lowest BCUT2D eigenvalue weighted by molar-refractivity contribution is 0.0474. The molecule has 3 aromatic rings. The molecule has 0 aliphatic heterocycles. The standard InChI is InChI=1S/C18H14FNO4/c1-23-17-7-6-11(8-14(17)19)18(22)24-10-16(21)13-9-20-15-5-3-2-4-12(13)15/h2-9,20H,10H2,1H3. The first-order chi connectivity index (χ1) is 11.6. The van der Waals surface area contributed by atoms with Crippen LogP contribution in [0.5, 0.6) is 5.75 Å². The number of carbonyl (C=O) groups excluding carboxylic acids is 2.